The van der Waals surface area contributed by atoms with Gasteiger partial charge < -0.3 is 10.6 Å². The molecule has 0 amide bonds. The molecule has 114 valence electrons. The van der Waals surface area contributed by atoms with E-state index in [1.54, 1.807) is 0 Å². The van der Waals surface area contributed by atoms with Crippen LogP contribution in [-0.4, -0.2) is 46.9 Å². The molecule has 0 aliphatic carbocycles. The summed E-state index contributed by atoms with van der Waals surface area (Å²) >= 11 is 0. The van der Waals surface area contributed by atoms with Crippen molar-refractivity contribution in [2.45, 2.75) is 53.1 Å². The summed E-state index contributed by atoms with van der Waals surface area (Å²) in [6, 6.07) is 1.01. The second-order valence-corrected chi connectivity index (χ2v) is 6.14. The van der Waals surface area contributed by atoms with Crippen LogP contribution in [0.2, 0.25) is 0 Å². The Morgan fingerprint density at radius 1 is 1.15 bits per heavy atom. The molecule has 1 aromatic rings. The third-order valence-corrected chi connectivity index (χ3v) is 4.42. The Labute approximate surface area is 122 Å². The number of nitrogen functional groups attached to an aromatic ring is 1. The summed E-state index contributed by atoms with van der Waals surface area (Å²) in [7, 11) is 0. The third kappa shape index (κ3) is 2.77. The molecule has 0 saturated carbocycles. The van der Waals surface area contributed by atoms with Crippen molar-refractivity contribution in [2.75, 3.05) is 36.8 Å². The molecule has 1 aliphatic rings. The number of nitrogens with two attached hydrogens (primary N) is 1. The highest BCUT2D eigenvalue weighted by molar-refractivity contribution is 5.66. The van der Waals surface area contributed by atoms with E-state index >= 15 is 0 Å². The van der Waals surface area contributed by atoms with E-state index in [0.29, 0.717) is 12.1 Å². The molecular weight excluding hydrogens is 250 g/mol. The van der Waals surface area contributed by atoms with E-state index in [0.717, 1.165) is 43.4 Å². The third-order valence-electron chi connectivity index (χ3n) is 4.42. The Bertz CT molecular complexity index is 443. The van der Waals surface area contributed by atoms with Crippen molar-refractivity contribution >= 4 is 11.5 Å². The lowest BCUT2D eigenvalue weighted by atomic mass is 10.2. The lowest BCUT2D eigenvalue weighted by Crippen LogP contribution is -2.50. The van der Waals surface area contributed by atoms with Crippen molar-refractivity contribution in [3.8, 4) is 0 Å². The van der Waals surface area contributed by atoms with Crippen LogP contribution in [0.1, 0.15) is 45.9 Å². The summed E-state index contributed by atoms with van der Waals surface area (Å²) in [5.74, 6) is 1.11. The minimum Gasteiger partial charge on any atom is -0.394 e. The number of aryl methyl sites for hydroxylation is 1. The number of aromatic nitrogens is 2. The predicted octanol–water partition coefficient (Wildman–Crippen LogP) is 2.28. The van der Waals surface area contributed by atoms with E-state index < -0.39 is 0 Å². The van der Waals surface area contributed by atoms with Crippen LogP contribution in [0.4, 0.5) is 11.5 Å². The highest BCUT2D eigenvalue weighted by Crippen LogP contribution is 2.30. The maximum Gasteiger partial charge on any atom is 0.151 e. The molecule has 2 N–H and O–H groups in total. The number of rotatable bonds is 4. The van der Waals surface area contributed by atoms with Crippen molar-refractivity contribution in [3.05, 3.63) is 5.69 Å². The molecule has 0 aromatic carbocycles. The lowest BCUT2D eigenvalue weighted by Gasteiger charge is -2.39. The van der Waals surface area contributed by atoms with Gasteiger partial charge in [-0.25, -0.2) is 4.68 Å². The van der Waals surface area contributed by atoms with Crippen molar-refractivity contribution < 1.29 is 0 Å². The van der Waals surface area contributed by atoms with Crippen LogP contribution in [0, 0.1) is 6.92 Å². The van der Waals surface area contributed by atoms with Crippen LogP contribution in [0.5, 0.6) is 0 Å². The summed E-state index contributed by atoms with van der Waals surface area (Å²) in [6.07, 6.45) is 1.21. The number of anilines is 2. The molecule has 1 unspecified atom stereocenters. The van der Waals surface area contributed by atoms with E-state index in [-0.39, 0.29) is 0 Å². The van der Waals surface area contributed by atoms with Gasteiger partial charge in [0, 0.05) is 38.3 Å². The summed E-state index contributed by atoms with van der Waals surface area (Å²) < 4.78 is 2.07. The SMILES string of the molecule is CCC(C)N1CCN(c2c(N)c(C)nn2C(C)C)CC1. The predicted molar refractivity (Wildman–Crippen MR) is 85.3 cm³/mol. The topological polar surface area (TPSA) is 50.3 Å². The first-order valence-corrected chi connectivity index (χ1v) is 7.79. The highest BCUT2D eigenvalue weighted by atomic mass is 15.4. The van der Waals surface area contributed by atoms with Gasteiger partial charge >= 0.3 is 0 Å². The molecule has 0 bridgehead atoms. The summed E-state index contributed by atoms with van der Waals surface area (Å²) in [4.78, 5) is 4.96. The highest BCUT2D eigenvalue weighted by Gasteiger charge is 2.25. The summed E-state index contributed by atoms with van der Waals surface area (Å²) in [5, 5.41) is 4.59. The molecular formula is C15H29N5. The quantitative estimate of drug-likeness (QED) is 0.918. The fourth-order valence-electron chi connectivity index (χ4n) is 2.86. The van der Waals surface area contributed by atoms with Crippen molar-refractivity contribution in [1.82, 2.24) is 14.7 Å². The first kappa shape index (κ1) is 15.2. The van der Waals surface area contributed by atoms with Crippen LogP contribution in [0.3, 0.4) is 0 Å². The maximum atomic E-state index is 6.25. The van der Waals surface area contributed by atoms with Crippen LogP contribution in [0.25, 0.3) is 0 Å². The van der Waals surface area contributed by atoms with Gasteiger partial charge in [0.15, 0.2) is 5.82 Å². The molecule has 0 spiro atoms. The van der Waals surface area contributed by atoms with Crippen LogP contribution in [-0.2, 0) is 0 Å². The fourth-order valence-corrected chi connectivity index (χ4v) is 2.86. The van der Waals surface area contributed by atoms with Crippen molar-refractivity contribution in [3.63, 3.8) is 0 Å². The molecule has 0 radical (unpaired) electrons. The second-order valence-electron chi connectivity index (χ2n) is 6.14. The van der Waals surface area contributed by atoms with Gasteiger partial charge in [0.25, 0.3) is 0 Å². The zero-order valence-electron chi connectivity index (χ0n) is 13.6. The van der Waals surface area contributed by atoms with Gasteiger partial charge in [-0.3, -0.25) is 4.90 Å². The van der Waals surface area contributed by atoms with E-state index in [9.17, 15) is 0 Å². The number of hydrogen-bond donors (Lipinski definition) is 1. The van der Waals surface area contributed by atoms with Gasteiger partial charge in [0.2, 0.25) is 0 Å². The molecule has 2 heterocycles. The molecule has 5 heteroatoms. The first-order chi connectivity index (χ1) is 9.45. The number of nitrogens with zero attached hydrogens (tertiary/aromatic N) is 4. The largest absolute Gasteiger partial charge is 0.394 e. The number of hydrogen-bond acceptors (Lipinski definition) is 4. The van der Waals surface area contributed by atoms with Gasteiger partial charge in [-0.05, 0) is 34.1 Å². The average Bonchev–Trinajstić information content (AvgIpc) is 2.74. The standard InChI is InChI=1S/C15H29N5/c1-6-12(4)18-7-9-19(10-8-18)15-14(16)13(5)17-20(15)11(2)3/h11-12H,6-10,16H2,1-5H3. The smallest absolute Gasteiger partial charge is 0.151 e. The summed E-state index contributed by atoms with van der Waals surface area (Å²) in [5.41, 5.74) is 8.04. The van der Waals surface area contributed by atoms with E-state index in [1.165, 1.54) is 6.42 Å². The minimum atomic E-state index is 0.341. The normalized spacial score (nSPS) is 18.8. The average molecular weight is 279 g/mol. The Kier molecular flexibility index (Phi) is 4.58. The van der Waals surface area contributed by atoms with Crippen LogP contribution < -0.4 is 10.6 Å². The fraction of sp³-hybridized carbons (Fsp3) is 0.800. The first-order valence-electron chi connectivity index (χ1n) is 7.79. The van der Waals surface area contributed by atoms with Gasteiger partial charge in [-0.15, -0.1) is 0 Å². The van der Waals surface area contributed by atoms with E-state index in [1.807, 2.05) is 6.92 Å². The monoisotopic (exact) mass is 279 g/mol. The molecule has 1 fully saturated rings. The van der Waals surface area contributed by atoms with Gasteiger partial charge in [-0.2, -0.15) is 5.10 Å². The molecule has 1 atom stereocenters. The lowest BCUT2D eigenvalue weighted by molar-refractivity contribution is 0.192. The Hall–Kier alpha value is -1.23. The molecule has 5 nitrogen and oxygen atoms in total. The molecule has 1 aliphatic heterocycles. The Morgan fingerprint density at radius 2 is 1.75 bits per heavy atom. The zero-order chi connectivity index (χ0) is 14.9. The number of piperazine rings is 1. The summed E-state index contributed by atoms with van der Waals surface area (Å²) in [6.45, 7) is 15.2. The molecule has 1 aromatic heterocycles. The minimum absolute atomic E-state index is 0.341. The van der Waals surface area contributed by atoms with Crippen LogP contribution in [0.15, 0.2) is 0 Å². The molecule has 20 heavy (non-hydrogen) atoms. The van der Waals surface area contributed by atoms with E-state index in [4.69, 9.17) is 5.73 Å². The van der Waals surface area contributed by atoms with Crippen molar-refractivity contribution in [2.24, 2.45) is 0 Å². The molecule has 2 rings (SSSR count). The second kappa shape index (κ2) is 6.04. The maximum absolute atomic E-state index is 6.25. The van der Waals surface area contributed by atoms with Crippen molar-refractivity contribution in [1.29, 1.82) is 0 Å². The zero-order valence-corrected chi connectivity index (χ0v) is 13.6. The van der Waals surface area contributed by atoms with Gasteiger partial charge in [-0.1, -0.05) is 6.92 Å². The Balaban J connectivity index is 2.14. The van der Waals surface area contributed by atoms with Gasteiger partial charge in [0.05, 0.1) is 11.4 Å². The Morgan fingerprint density at radius 3 is 2.25 bits per heavy atom. The van der Waals surface area contributed by atoms with Gasteiger partial charge in [0.1, 0.15) is 0 Å². The van der Waals surface area contributed by atoms with E-state index in [2.05, 4.69) is 47.3 Å². The van der Waals surface area contributed by atoms with Crippen LogP contribution >= 0.6 is 0 Å². The molecule has 1 saturated heterocycles.